The van der Waals surface area contributed by atoms with Gasteiger partial charge in [0.05, 0.1) is 29.3 Å². The molecule has 11 heteroatoms. The smallest absolute Gasteiger partial charge is 0.255 e. The summed E-state index contributed by atoms with van der Waals surface area (Å²) in [6, 6.07) is 0.235. The quantitative estimate of drug-likeness (QED) is 0.165. The average molecular weight is 473 g/mol. The average Bonchev–Trinajstić information content (AvgIpc) is 2.74. The number of Topliss-reactive ketones (excluding diaryl/α,β-unsaturated/α-hetero) is 2. The zero-order valence-electron chi connectivity index (χ0n) is 19.0. The number of carbonyl (C=O) groups is 3. The highest BCUT2D eigenvalue weighted by molar-refractivity contribution is 6.24. The van der Waals surface area contributed by atoms with Gasteiger partial charge in [-0.3, -0.25) is 19.3 Å². The zero-order valence-corrected chi connectivity index (χ0v) is 19.0. The van der Waals surface area contributed by atoms with E-state index in [4.69, 9.17) is 11.5 Å². The second-order valence-corrected chi connectivity index (χ2v) is 9.47. The second kappa shape index (κ2) is 7.29. The molecule has 182 valence electrons. The third kappa shape index (κ3) is 2.65. The highest BCUT2D eigenvalue weighted by Gasteiger charge is 2.68. The number of carbonyl (C=O) groups excluding carboxylic acids is 3. The Hall–Kier alpha value is -3.41. The van der Waals surface area contributed by atoms with Crippen molar-refractivity contribution in [2.45, 2.75) is 37.5 Å². The summed E-state index contributed by atoms with van der Waals surface area (Å²) in [5.74, 6) is -9.33. The van der Waals surface area contributed by atoms with Crippen LogP contribution in [0.4, 0.5) is 5.69 Å². The van der Waals surface area contributed by atoms with Crippen LogP contribution in [0.25, 0.3) is 5.76 Å². The summed E-state index contributed by atoms with van der Waals surface area (Å²) in [4.78, 5) is 40.2. The number of nitrogens with two attached hydrogens (primary N) is 2. The van der Waals surface area contributed by atoms with Crippen molar-refractivity contribution < 1.29 is 39.9 Å². The van der Waals surface area contributed by atoms with E-state index < -0.39 is 81.4 Å². The predicted octanol–water partition coefficient (Wildman–Crippen LogP) is -0.614. The first-order valence-corrected chi connectivity index (χ1v) is 10.6. The van der Waals surface area contributed by atoms with E-state index in [0.29, 0.717) is 11.1 Å². The van der Waals surface area contributed by atoms with E-state index in [1.54, 1.807) is 19.9 Å². The molecular weight excluding hydrogens is 446 g/mol. The SMILES string of the molecule is Cc1cc2c(c(O)c1N)C(O)=C1C(=O)C3(O)C(O)=C(C(N)=O)C(=O)C(N(C)C)C3C(O)C1C2C. The van der Waals surface area contributed by atoms with Crippen LogP contribution >= 0.6 is 0 Å². The number of phenols is 1. The van der Waals surface area contributed by atoms with Gasteiger partial charge in [0.2, 0.25) is 5.78 Å². The number of nitrogens with zero attached hydrogens (tertiary/aromatic N) is 1. The number of fused-ring (bicyclic) bond motifs is 3. The van der Waals surface area contributed by atoms with Crippen LogP contribution in [0.1, 0.15) is 29.5 Å². The molecule has 11 nitrogen and oxygen atoms in total. The van der Waals surface area contributed by atoms with Crippen molar-refractivity contribution in [2.75, 3.05) is 19.8 Å². The number of likely N-dealkylation sites (N-methyl/N-ethyl adjacent to an activating group) is 1. The minimum atomic E-state index is -2.93. The number of hydrogen-bond acceptors (Lipinski definition) is 10. The number of ketones is 2. The van der Waals surface area contributed by atoms with Crippen LogP contribution in [0.5, 0.6) is 5.75 Å². The lowest BCUT2D eigenvalue weighted by Gasteiger charge is -2.53. The number of benzene rings is 1. The lowest BCUT2D eigenvalue weighted by atomic mass is 9.54. The molecule has 0 heterocycles. The number of primary amides is 1. The molecule has 0 radical (unpaired) electrons. The lowest BCUT2D eigenvalue weighted by Crippen LogP contribution is -2.70. The van der Waals surface area contributed by atoms with Crippen molar-refractivity contribution in [3.63, 3.8) is 0 Å². The van der Waals surface area contributed by atoms with E-state index in [-0.39, 0.29) is 11.3 Å². The number of aromatic hydroxyl groups is 1. The van der Waals surface area contributed by atoms with Gasteiger partial charge >= 0.3 is 0 Å². The Morgan fingerprint density at radius 3 is 2.29 bits per heavy atom. The Labute approximate surface area is 194 Å². The first kappa shape index (κ1) is 23.7. The van der Waals surface area contributed by atoms with Gasteiger partial charge in [0.25, 0.3) is 5.91 Å². The number of amides is 1. The van der Waals surface area contributed by atoms with Crippen LogP contribution < -0.4 is 11.5 Å². The van der Waals surface area contributed by atoms with Crippen molar-refractivity contribution in [2.24, 2.45) is 17.6 Å². The van der Waals surface area contributed by atoms with Gasteiger partial charge in [0.1, 0.15) is 22.8 Å². The molecule has 1 aromatic carbocycles. The second-order valence-electron chi connectivity index (χ2n) is 9.47. The van der Waals surface area contributed by atoms with E-state index in [1.165, 1.54) is 19.0 Å². The Balaban J connectivity index is 2.08. The standard InChI is InChI=1S/C23H27N3O8/c1-6-5-8-7(2)9-11(16(27)10(8)18(29)14(6)24)20(31)23(34)13(17(9)28)15(26(3)4)19(30)12(21(23)32)22(25)33/h5,7,9,13,15,17,27-29,32,34H,24H2,1-4H3,(H2,25,33). The molecule has 1 fully saturated rings. The minimum absolute atomic E-state index is 0.0216. The molecule has 3 aliphatic rings. The summed E-state index contributed by atoms with van der Waals surface area (Å²) < 4.78 is 0. The van der Waals surface area contributed by atoms with Crippen LogP contribution in [0, 0.1) is 18.8 Å². The fraction of sp³-hybridized carbons (Fsp3) is 0.435. The summed E-state index contributed by atoms with van der Waals surface area (Å²) in [6.07, 6.45) is -1.63. The highest BCUT2D eigenvalue weighted by atomic mass is 16.4. The number of phenolic OH excluding ortho intramolecular Hbond substituents is 1. The first-order chi connectivity index (χ1) is 15.7. The molecule has 4 rings (SSSR count). The van der Waals surface area contributed by atoms with Gasteiger partial charge in [-0.15, -0.1) is 0 Å². The third-order valence-corrected chi connectivity index (χ3v) is 7.50. The first-order valence-electron chi connectivity index (χ1n) is 10.6. The third-order valence-electron chi connectivity index (χ3n) is 7.50. The molecular formula is C23H27N3O8. The van der Waals surface area contributed by atoms with Gasteiger partial charge in [-0.1, -0.05) is 13.0 Å². The Kier molecular flexibility index (Phi) is 5.09. The number of rotatable bonds is 2. The zero-order chi connectivity index (χ0) is 25.6. The lowest BCUT2D eigenvalue weighted by molar-refractivity contribution is -0.169. The molecule has 0 aliphatic heterocycles. The van der Waals surface area contributed by atoms with Gasteiger partial charge in [0, 0.05) is 11.5 Å². The maximum atomic E-state index is 13.8. The van der Waals surface area contributed by atoms with Crippen molar-refractivity contribution in [1.29, 1.82) is 0 Å². The normalized spacial score (nSPS) is 33.1. The summed E-state index contributed by atoms with van der Waals surface area (Å²) in [5, 5.41) is 55.6. The van der Waals surface area contributed by atoms with E-state index in [2.05, 4.69) is 0 Å². The topological polar surface area (TPSA) is 208 Å². The highest BCUT2D eigenvalue weighted by Crippen LogP contribution is 2.56. The van der Waals surface area contributed by atoms with E-state index >= 15 is 0 Å². The van der Waals surface area contributed by atoms with Crippen LogP contribution in [0.3, 0.4) is 0 Å². The van der Waals surface area contributed by atoms with E-state index in [9.17, 15) is 39.9 Å². The molecule has 1 amide bonds. The summed E-state index contributed by atoms with van der Waals surface area (Å²) in [6.45, 7) is 3.31. The number of nitrogen functional groups attached to an aromatic ring is 1. The Morgan fingerprint density at radius 1 is 1.18 bits per heavy atom. The molecule has 6 atom stereocenters. The van der Waals surface area contributed by atoms with Crippen LogP contribution in [-0.4, -0.2) is 79.7 Å². The molecule has 0 bridgehead atoms. The van der Waals surface area contributed by atoms with Crippen LogP contribution in [0.15, 0.2) is 23.0 Å². The maximum absolute atomic E-state index is 13.8. The van der Waals surface area contributed by atoms with Crippen molar-refractivity contribution in [3.8, 4) is 5.75 Å². The molecule has 0 aromatic heterocycles. The molecule has 3 aliphatic carbocycles. The Bertz CT molecular complexity index is 1230. The minimum Gasteiger partial charge on any atom is -0.508 e. The van der Waals surface area contributed by atoms with Gasteiger partial charge in [-0.2, -0.15) is 0 Å². The van der Waals surface area contributed by atoms with Crippen molar-refractivity contribution in [1.82, 2.24) is 4.90 Å². The van der Waals surface area contributed by atoms with Crippen LogP contribution in [-0.2, 0) is 14.4 Å². The van der Waals surface area contributed by atoms with E-state index in [0.717, 1.165) is 0 Å². The number of aliphatic hydroxyl groups is 4. The Morgan fingerprint density at radius 2 is 1.76 bits per heavy atom. The number of aliphatic hydroxyl groups excluding tert-OH is 3. The van der Waals surface area contributed by atoms with Crippen molar-refractivity contribution in [3.05, 3.63) is 39.7 Å². The van der Waals surface area contributed by atoms with E-state index in [1.807, 2.05) is 0 Å². The van der Waals surface area contributed by atoms with Gasteiger partial charge in [0.15, 0.2) is 11.4 Å². The number of aryl methyl sites for hydroxylation is 1. The maximum Gasteiger partial charge on any atom is 0.255 e. The fourth-order valence-electron chi connectivity index (χ4n) is 5.83. The molecule has 1 aromatic rings. The predicted molar refractivity (Wildman–Crippen MR) is 119 cm³/mol. The molecule has 34 heavy (non-hydrogen) atoms. The fourth-order valence-corrected chi connectivity index (χ4v) is 5.83. The molecule has 0 saturated heterocycles. The van der Waals surface area contributed by atoms with Gasteiger partial charge in [-0.05, 0) is 38.1 Å². The molecule has 1 saturated carbocycles. The van der Waals surface area contributed by atoms with Crippen LogP contribution in [0.2, 0.25) is 0 Å². The summed E-state index contributed by atoms with van der Waals surface area (Å²) in [5.41, 5.74) is 7.62. The summed E-state index contributed by atoms with van der Waals surface area (Å²) in [7, 11) is 2.90. The molecule has 6 unspecified atom stereocenters. The van der Waals surface area contributed by atoms with Gasteiger partial charge < -0.3 is 37.0 Å². The monoisotopic (exact) mass is 473 g/mol. The summed E-state index contributed by atoms with van der Waals surface area (Å²) >= 11 is 0. The largest absolute Gasteiger partial charge is 0.508 e. The number of hydrogen-bond donors (Lipinski definition) is 7. The number of anilines is 1. The van der Waals surface area contributed by atoms with Crippen molar-refractivity contribution >= 4 is 28.9 Å². The molecule has 9 N–H and O–H groups in total. The van der Waals surface area contributed by atoms with Gasteiger partial charge in [-0.25, -0.2) is 0 Å². The molecule has 0 spiro atoms.